The maximum absolute atomic E-state index is 13.3. The number of aliphatic carboxylic acids is 1. The second-order valence-corrected chi connectivity index (χ2v) is 10.0. The van der Waals surface area contributed by atoms with Gasteiger partial charge in [0.2, 0.25) is 5.91 Å². The highest BCUT2D eigenvalue weighted by molar-refractivity contribution is 5.91. The summed E-state index contributed by atoms with van der Waals surface area (Å²) in [6, 6.07) is 24.1. The zero-order valence-corrected chi connectivity index (χ0v) is 22.8. The first-order chi connectivity index (χ1) is 19.2. The van der Waals surface area contributed by atoms with Crippen LogP contribution in [0, 0.1) is 0 Å². The molecule has 40 heavy (non-hydrogen) atoms. The maximum Gasteiger partial charge on any atom is 0.407 e. The molecule has 0 heterocycles. The van der Waals surface area contributed by atoms with Gasteiger partial charge in [0.25, 0.3) is 0 Å². The van der Waals surface area contributed by atoms with Crippen molar-refractivity contribution >= 4 is 18.0 Å². The highest BCUT2D eigenvalue weighted by atomic mass is 16.5. The van der Waals surface area contributed by atoms with E-state index in [2.05, 4.69) is 10.6 Å². The van der Waals surface area contributed by atoms with Gasteiger partial charge in [-0.2, -0.15) is 0 Å². The number of hydrogen-bond acceptors (Lipinski definition) is 6. The van der Waals surface area contributed by atoms with Gasteiger partial charge in [-0.3, -0.25) is 4.79 Å². The third-order valence-corrected chi connectivity index (χ3v) is 7.03. The number of carbonyl (C=O) groups excluding carboxylic acids is 2. The van der Waals surface area contributed by atoms with Crippen molar-refractivity contribution in [2.45, 2.75) is 44.1 Å². The van der Waals surface area contributed by atoms with Crippen LogP contribution in [0.1, 0.15) is 36.5 Å². The lowest BCUT2D eigenvalue weighted by molar-refractivity contribution is -0.150. The molecule has 210 valence electrons. The highest BCUT2D eigenvalue weighted by Crippen LogP contribution is 2.44. The number of fused-ring (bicyclic) bond motifs is 3. The van der Waals surface area contributed by atoms with Crippen molar-refractivity contribution in [3.63, 3.8) is 0 Å². The van der Waals surface area contributed by atoms with E-state index in [4.69, 9.17) is 14.2 Å². The Morgan fingerprint density at radius 2 is 1.50 bits per heavy atom. The molecule has 0 fully saturated rings. The Kier molecular flexibility index (Phi) is 9.19. The Bertz CT molecular complexity index is 1300. The molecule has 0 saturated carbocycles. The predicted octanol–water partition coefficient (Wildman–Crippen LogP) is 4.10. The minimum absolute atomic E-state index is 0.0595. The van der Waals surface area contributed by atoms with Crippen LogP contribution in [0.3, 0.4) is 0 Å². The number of methoxy groups -OCH3 is 1. The molecule has 0 radical (unpaired) electrons. The molecule has 3 N–H and O–H groups in total. The average molecular weight is 547 g/mol. The molecule has 1 unspecified atom stereocenters. The molecule has 9 nitrogen and oxygen atoms in total. The van der Waals surface area contributed by atoms with Crippen LogP contribution >= 0.6 is 0 Å². The molecule has 3 aromatic carbocycles. The molecule has 4 rings (SSSR count). The van der Waals surface area contributed by atoms with Crippen molar-refractivity contribution < 1.29 is 33.7 Å². The third kappa shape index (κ3) is 6.50. The Morgan fingerprint density at radius 1 is 0.925 bits per heavy atom. The topological polar surface area (TPSA) is 123 Å². The van der Waals surface area contributed by atoms with E-state index in [0.717, 1.165) is 27.8 Å². The summed E-state index contributed by atoms with van der Waals surface area (Å²) in [5.41, 5.74) is 3.47. The van der Waals surface area contributed by atoms with Gasteiger partial charge in [-0.05, 0) is 41.7 Å². The molecular formula is C31H34N2O7. The fraction of sp³-hybridized carbons (Fsp3) is 0.323. The minimum Gasteiger partial charge on any atom is -0.479 e. The maximum atomic E-state index is 13.3. The molecule has 0 aliphatic heterocycles. The molecule has 0 spiro atoms. The Balaban J connectivity index is 1.48. The van der Waals surface area contributed by atoms with Crippen molar-refractivity contribution in [2.75, 3.05) is 20.3 Å². The number of carbonyl (C=O) groups is 3. The highest BCUT2D eigenvalue weighted by Gasteiger charge is 2.39. The molecule has 3 atom stereocenters. The summed E-state index contributed by atoms with van der Waals surface area (Å²) in [6.45, 7) is 2.93. The Hall–Kier alpha value is -4.21. The summed E-state index contributed by atoms with van der Waals surface area (Å²) >= 11 is 0. The lowest BCUT2D eigenvalue weighted by Gasteiger charge is -2.30. The van der Waals surface area contributed by atoms with Crippen molar-refractivity contribution in [1.82, 2.24) is 10.6 Å². The standard InChI is InChI=1S/C31H34N2O7/c1-20(39-17-21-11-5-4-6-12-21)27(28(34)33-31(2,19-38-3)29(35)36)32-30(37)40-18-26-24-15-9-7-13-22(24)23-14-8-10-16-25(23)26/h4-16,20,26-27H,17-19H2,1-3H3,(H,32,37)(H,33,34)(H,35,36)/t20-,27+,31?/m0/s1. The predicted molar refractivity (Wildman–Crippen MR) is 149 cm³/mol. The number of carboxylic acid groups (broad SMARTS) is 1. The lowest BCUT2D eigenvalue weighted by atomic mass is 9.98. The molecule has 3 aromatic rings. The first-order valence-electron chi connectivity index (χ1n) is 13.0. The van der Waals surface area contributed by atoms with E-state index in [1.165, 1.54) is 14.0 Å². The van der Waals surface area contributed by atoms with Gasteiger partial charge >= 0.3 is 12.1 Å². The number of amides is 2. The van der Waals surface area contributed by atoms with Gasteiger partial charge in [0.1, 0.15) is 12.6 Å². The third-order valence-electron chi connectivity index (χ3n) is 7.03. The molecule has 9 heteroatoms. The zero-order valence-electron chi connectivity index (χ0n) is 22.8. The summed E-state index contributed by atoms with van der Waals surface area (Å²) in [5.74, 6) is -2.18. The van der Waals surface area contributed by atoms with Crippen molar-refractivity contribution in [2.24, 2.45) is 0 Å². The number of alkyl carbamates (subject to hydrolysis) is 1. The molecule has 2 amide bonds. The van der Waals surface area contributed by atoms with Gasteiger partial charge in [0.05, 0.1) is 19.3 Å². The van der Waals surface area contributed by atoms with Crippen LogP contribution in [0.15, 0.2) is 78.9 Å². The first kappa shape index (κ1) is 28.8. The second kappa shape index (κ2) is 12.8. The summed E-state index contributed by atoms with van der Waals surface area (Å²) in [6.07, 6.45) is -1.64. The smallest absolute Gasteiger partial charge is 0.407 e. The van der Waals surface area contributed by atoms with E-state index >= 15 is 0 Å². The van der Waals surface area contributed by atoms with Gasteiger partial charge < -0.3 is 30.0 Å². The van der Waals surface area contributed by atoms with E-state index in [1.807, 2.05) is 78.9 Å². The van der Waals surface area contributed by atoms with Crippen LogP contribution in [-0.2, 0) is 30.4 Å². The van der Waals surface area contributed by atoms with E-state index in [1.54, 1.807) is 6.92 Å². The number of rotatable bonds is 12. The minimum atomic E-state index is -1.72. The average Bonchev–Trinajstić information content (AvgIpc) is 3.27. The summed E-state index contributed by atoms with van der Waals surface area (Å²) < 4.78 is 16.5. The summed E-state index contributed by atoms with van der Waals surface area (Å²) in [7, 11) is 1.34. The normalized spacial score (nSPS) is 15.2. The van der Waals surface area contributed by atoms with E-state index in [-0.39, 0.29) is 25.7 Å². The van der Waals surface area contributed by atoms with Crippen LogP contribution in [0.25, 0.3) is 11.1 Å². The fourth-order valence-corrected chi connectivity index (χ4v) is 4.85. The first-order valence-corrected chi connectivity index (χ1v) is 13.0. The molecular weight excluding hydrogens is 512 g/mol. The van der Waals surface area contributed by atoms with Crippen LogP contribution in [0.4, 0.5) is 4.79 Å². The number of carboxylic acids is 1. The van der Waals surface area contributed by atoms with E-state index < -0.39 is 35.7 Å². The molecule has 0 aromatic heterocycles. The largest absolute Gasteiger partial charge is 0.479 e. The van der Waals surface area contributed by atoms with Crippen molar-refractivity contribution in [3.05, 3.63) is 95.6 Å². The number of nitrogens with one attached hydrogen (secondary N) is 2. The van der Waals surface area contributed by atoms with Gasteiger partial charge in [-0.25, -0.2) is 9.59 Å². The van der Waals surface area contributed by atoms with Crippen LogP contribution in [-0.4, -0.2) is 61.1 Å². The molecule has 0 bridgehead atoms. The number of hydrogen-bond donors (Lipinski definition) is 3. The Labute approximate surface area is 233 Å². The molecule has 0 saturated heterocycles. The second-order valence-electron chi connectivity index (χ2n) is 10.0. The lowest BCUT2D eigenvalue weighted by Crippen LogP contribution is -2.62. The number of ether oxygens (including phenoxy) is 3. The van der Waals surface area contributed by atoms with Gasteiger partial charge in [0.15, 0.2) is 5.54 Å². The van der Waals surface area contributed by atoms with Crippen LogP contribution in [0.5, 0.6) is 0 Å². The van der Waals surface area contributed by atoms with Gasteiger partial charge in [-0.15, -0.1) is 0 Å². The van der Waals surface area contributed by atoms with Crippen LogP contribution < -0.4 is 10.6 Å². The fourth-order valence-electron chi connectivity index (χ4n) is 4.85. The van der Waals surface area contributed by atoms with Gasteiger partial charge in [0, 0.05) is 13.0 Å². The van der Waals surface area contributed by atoms with E-state index in [0.29, 0.717) is 0 Å². The monoisotopic (exact) mass is 546 g/mol. The van der Waals surface area contributed by atoms with Gasteiger partial charge in [-0.1, -0.05) is 78.9 Å². The molecule has 1 aliphatic rings. The summed E-state index contributed by atoms with van der Waals surface area (Å²) in [4.78, 5) is 38.3. The van der Waals surface area contributed by atoms with E-state index in [9.17, 15) is 19.5 Å². The summed E-state index contributed by atoms with van der Waals surface area (Å²) in [5, 5.41) is 14.8. The SMILES string of the molecule is COCC(C)(NC(=O)[C@H](NC(=O)OCC1c2ccccc2-c2ccccc21)[C@H](C)OCc1ccccc1)C(=O)O. The van der Waals surface area contributed by atoms with Crippen molar-refractivity contribution in [3.8, 4) is 11.1 Å². The number of benzene rings is 3. The Morgan fingerprint density at radius 3 is 2.08 bits per heavy atom. The van der Waals surface area contributed by atoms with Crippen LogP contribution in [0.2, 0.25) is 0 Å². The van der Waals surface area contributed by atoms with Crippen molar-refractivity contribution in [1.29, 1.82) is 0 Å². The molecule has 1 aliphatic carbocycles. The zero-order chi connectivity index (χ0) is 28.7. The quantitative estimate of drug-likeness (QED) is 0.313.